The standard InChI is InChI=1S/C12H23NO2S/c1-3-12(15,4-2)9-13-11(14)10-7-5-6-8-16-10/h10,15H,3-9H2,1-2H3,(H,13,14). The van der Waals surface area contributed by atoms with Gasteiger partial charge in [0.25, 0.3) is 0 Å². The molecule has 2 N–H and O–H groups in total. The van der Waals surface area contributed by atoms with Crippen molar-refractivity contribution < 1.29 is 9.90 Å². The van der Waals surface area contributed by atoms with Gasteiger partial charge >= 0.3 is 0 Å². The van der Waals surface area contributed by atoms with Crippen molar-refractivity contribution in [1.29, 1.82) is 0 Å². The third-order valence-electron chi connectivity index (χ3n) is 3.38. The van der Waals surface area contributed by atoms with E-state index in [2.05, 4.69) is 5.32 Å². The number of hydrogen-bond donors (Lipinski definition) is 2. The summed E-state index contributed by atoms with van der Waals surface area (Å²) in [5.74, 6) is 1.19. The molecule has 3 nitrogen and oxygen atoms in total. The lowest BCUT2D eigenvalue weighted by molar-refractivity contribution is -0.122. The van der Waals surface area contributed by atoms with Crippen LogP contribution in [0.4, 0.5) is 0 Å². The second-order valence-electron chi connectivity index (χ2n) is 4.50. The predicted molar refractivity (Wildman–Crippen MR) is 68.6 cm³/mol. The van der Waals surface area contributed by atoms with E-state index in [4.69, 9.17) is 0 Å². The first-order valence-corrected chi connectivity index (χ1v) is 7.28. The van der Waals surface area contributed by atoms with Crippen LogP contribution in [-0.4, -0.2) is 34.2 Å². The molecule has 1 aliphatic rings. The van der Waals surface area contributed by atoms with E-state index in [1.165, 1.54) is 6.42 Å². The third-order valence-corrected chi connectivity index (χ3v) is 4.76. The molecule has 1 unspecified atom stereocenters. The number of thioether (sulfide) groups is 1. The lowest BCUT2D eigenvalue weighted by Gasteiger charge is -2.27. The van der Waals surface area contributed by atoms with E-state index >= 15 is 0 Å². The second-order valence-corrected chi connectivity index (χ2v) is 5.82. The number of carbonyl (C=O) groups excluding carboxylic acids is 1. The lowest BCUT2D eigenvalue weighted by Crippen LogP contribution is -2.45. The average Bonchev–Trinajstić information content (AvgIpc) is 2.36. The summed E-state index contributed by atoms with van der Waals surface area (Å²) in [5, 5.41) is 13.0. The van der Waals surface area contributed by atoms with E-state index < -0.39 is 5.60 Å². The minimum absolute atomic E-state index is 0.102. The van der Waals surface area contributed by atoms with Gasteiger partial charge in [-0.3, -0.25) is 4.79 Å². The summed E-state index contributed by atoms with van der Waals surface area (Å²) in [6.45, 7) is 4.28. The highest BCUT2D eigenvalue weighted by Gasteiger charge is 2.26. The van der Waals surface area contributed by atoms with Gasteiger partial charge in [0.2, 0.25) is 5.91 Å². The Morgan fingerprint density at radius 2 is 2.12 bits per heavy atom. The van der Waals surface area contributed by atoms with Crippen LogP contribution in [0.3, 0.4) is 0 Å². The first-order valence-electron chi connectivity index (χ1n) is 6.23. The van der Waals surface area contributed by atoms with Crippen LogP contribution in [0.1, 0.15) is 46.0 Å². The molecule has 94 valence electrons. The Morgan fingerprint density at radius 3 is 2.62 bits per heavy atom. The number of carbonyl (C=O) groups is 1. The summed E-state index contributed by atoms with van der Waals surface area (Å²) in [7, 11) is 0. The Kier molecular flexibility index (Phi) is 5.62. The first-order chi connectivity index (χ1) is 7.61. The smallest absolute Gasteiger partial charge is 0.233 e. The topological polar surface area (TPSA) is 49.3 Å². The molecule has 1 atom stereocenters. The van der Waals surface area contributed by atoms with E-state index in [0.717, 1.165) is 18.6 Å². The van der Waals surface area contributed by atoms with Crippen LogP contribution in [0.2, 0.25) is 0 Å². The zero-order chi connectivity index (χ0) is 12.0. The average molecular weight is 245 g/mol. The van der Waals surface area contributed by atoms with Crippen molar-refractivity contribution >= 4 is 17.7 Å². The molecule has 4 heteroatoms. The zero-order valence-electron chi connectivity index (χ0n) is 10.3. The molecule has 1 heterocycles. The molecule has 1 aliphatic heterocycles. The Labute approximate surface area is 102 Å². The molecule has 0 bridgehead atoms. The van der Waals surface area contributed by atoms with Gasteiger partial charge in [0, 0.05) is 6.54 Å². The Bertz CT molecular complexity index is 223. The summed E-state index contributed by atoms with van der Waals surface area (Å²) in [6.07, 6.45) is 4.72. The number of nitrogens with one attached hydrogen (secondary N) is 1. The van der Waals surface area contributed by atoms with Crippen LogP contribution in [0, 0.1) is 0 Å². The molecule has 0 aliphatic carbocycles. The van der Waals surface area contributed by atoms with Crippen LogP contribution in [0.15, 0.2) is 0 Å². The molecule has 0 radical (unpaired) electrons. The molecule has 1 saturated heterocycles. The first kappa shape index (κ1) is 13.8. The van der Waals surface area contributed by atoms with Gasteiger partial charge < -0.3 is 10.4 Å². The normalized spacial score (nSPS) is 21.8. The fourth-order valence-electron chi connectivity index (χ4n) is 1.81. The maximum absolute atomic E-state index is 11.8. The minimum atomic E-state index is -0.727. The van der Waals surface area contributed by atoms with Crippen LogP contribution >= 0.6 is 11.8 Å². The van der Waals surface area contributed by atoms with Gasteiger partial charge in [0.15, 0.2) is 0 Å². The molecule has 0 aromatic rings. The van der Waals surface area contributed by atoms with Crippen LogP contribution in [0.5, 0.6) is 0 Å². The van der Waals surface area contributed by atoms with Crippen molar-refractivity contribution in [2.24, 2.45) is 0 Å². The number of rotatable bonds is 5. The zero-order valence-corrected chi connectivity index (χ0v) is 11.1. The molecular formula is C12H23NO2S. The number of amides is 1. The quantitative estimate of drug-likeness (QED) is 0.778. The molecule has 1 rings (SSSR count). The summed E-state index contributed by atoms with van der Waals surface area (Å²) < 4.78 is 0. The fourth-order valence-corrected chi connectivity index (χ4v) is 3.04. The van der Waals surface area contributed by atoms with Gasteiger partial charge in [-0.25, -0.2) is 0 Å². The van der Waals surface area contributed by atoms with Crippen LogP contribution in [-0.2, 0) is 4.79 Å². The van der Waals surface area contributed by atoms with Gasteiger partial charge in [-0.15, -0.1) is 11.8 Å². The van der Waals surface area contributed by atoms with E-state index in [1.54, 1.807) is 11.8 Å². The van der Waals surface area contributed by atoms with Gasteiger partial charge in [0.1, 0.15) is 0 Å². The molecule has 16 heavy (non-hydrogen) atoms. The van der Waals surface area contributed by atoms with Crippen molar-refractivity contribution in [2.45, 2.75) is 56.8 Å². The highest BCUT2D eigenvalue weighted by Crippen LogP contribution is 2.25. The monoisotopic (exact) mass is 245 g/mol. The summed E-state index contributed by atoms with van der Waals surface area (Å²) in [5.41, 5.74) is -0.727. The molecule has 0 saturated carbocycles. The van der Waals surface area contributed by atoms with Crippen LogP contribution < -0.4 is 5.32 Å². The van der Waals surface area contributed by atoms with Gasteiger partial charge in [-0.2, -0.15) is 0 Å². The summed E-state index contributed by atoms with van der Waals surface area (Å²) in [6, 6.07) is 0. The highest BCUT2D eigenvalue weighted by molar-refractivity contribution is 8.00. The highest BCUT2D eigenvalue weighted by atomic mass is 32.2. The van der Waals surface area contributed by atoms with E-state index in [9.17, 15) is 9.90 Å². The Balaban J connectivity index is 2.33. The van der Waals surface area contributed by atoms with Crippen molar-refractivity contribution in [3.8, 4) is 0 Å². The van der Waals surface area contributed by atoms with Crippen LogP contribution in [0.25, 0.3) is 0 Å². The molecule has 0 aromatic carbocycles. The van der Waals surface area contributed by atoms with Gasteiger partial charge in [-0.05, 0) is 31.4 Å². The maximum Gasteiger partial charge on any atom is 0.233 e. The second kappa shape index (κ2) is 6.50. The van der Waals surface area contributed by atoms with Crippen molar-refractivity contribution in [3.05, 3.63) is 0 Å². The molecule has 0 spiro atoms. The van der Waals surface area contributed by atoms with E-state index in [0.29, 0.717) is 19.4 Å². The van der Waals surface area contributed by atoms with E-state index in [-0.39, 0.29) is 11.2 Å². The Hall–Kier alpha value is -0.220. The van der Waals surface area contributed by atoms with Gasteiger partial charge in [-0.1, -0.05) is 20.3 Å². The van der Waals surface area contributed by atoms with Gasteiger partial charge in [0.05, 0.1) is 10.9 Å². The number of hydrogen-bond acceptors (Lipinski definition) is 3. The predicted octanol–water partition coefficient (Wildman–Crippen LogP) is 1.94. The lowest BCUT2D eigenvalue weighted by atomic mass is 9.97. The number of aliphatic hydroxyl groups is 1. The fraction of sp³-hybridized carbons (Fsp3) is 0.917. The SMILES string of the molecule is CCC(O)(CC)CNC(=O)C1CCCCS1. The molecule has 1 amide bonds. The molecular weight excluding hydrogens is 222 g/mol. The minimum Gasteiger partial charge on any atom is -0.388 e. The summed E-state index contributed by atoms with van der Waals surface area (Å²) >= 11 is 1.74. The Morgan fingerprint density at radius 1 is 1.44 bits per heavy atom. The maximum atomic E-state index is 11.8. The third kappa shape index (κ3) is 3.98. The van der Waals surface area contributed by atoms with Crippen molar-refractivity contribution in [3.63, 3.8) is 0 Å². The molecule has 0 aromatic heterocycles. The molecule has 1 fully saturated rings. The summed E-state index contributed by atoms with van der Waals surface area (Å²) in [4.78, 5) is 11.8. The van der Waals surface area contributed by atoms with Crippen molar-refractivity contribution in [2.75, 3.05) is 12.3 Å². The van der Waals surface area contributed by atoms with E-state index in [1.807, 2.05) is 13.8 Å². The van der Waals surface area contributed by atoms with Crippen molar-refractivity contribution in [1.82, 2.24) is 5.32 Å². The largest absolute Gasteiger partial charge is 0.388 e.